The maximum absolute atomic E-state index is 12.2. The van der Waals surface area contributed by atoms with Crippen LogP contribution in [-0.2, 0) is 0 Å². The second-order valence-corrected chi connectivity index (χ2v) is 10.6. The van der Waals surface area contributed by atoms with Gasteiger partial charge in [0.05, 0.1) is 18.2 Å². The first kappa shape index (κ1) is 20.9. The van der Waals surface area contributed by atoms with Crippen molar-refractivity contribution in [3.05, 3.63) is 36.0 Å². The Kier molecular flexibility index (Phi) is 5.96. The van der Waals surface area contributed by atoms with Gasteiger partial charge in [0.15, 0.2) is 0 Å². The lowest BCUT2D eigenvalue weighted by Crippen LogP contribution is -2.66. The molecule has 0 saturated carbocycles. The molecule has 0 aromatic heterocycles. The van der Waals surface area contributed by atoms with E-state index in [1.807, 2.05) is 0 Å². The van der Waals surface area contributed by atoms with Gasteiger partial charge < -0.3 is 15.1 Å². The fraction of sp³-hybridized carbons (Fsp3) is 0.769. The third-order valence-corrected chi connectivity index (χ3v) is 8.74. The summed E-state index contributed by atoms with van der Waals surface area (Å²) in [6, 6.07) is 0.592. The molecule has 4 aliphatic heterocycles. The van der Waals surface area contributed by atoms with Crippen LogP contribution in [0.15, 0.2) is 36.0 Å². The molecule has 0 radical (unpaired) electrons. The lowest BCUT2D eigenvalue weighted by atomic mass is 9.55. The highest BCUT2D eigenvalue weighted by Gasteiger charge is 2.65. The Labute approximate surface area is 182 Å². The van der Waals surface area contributed by atoms with Crippen molar-refractivity contribution in [2.24, 2.45) is 11.3 Å². The second-order valence-electron chi connectivity index (χ2n) is 10.6. The number of hydrogen-bond acceptors (Lipinski definition) is 4. The lowest BCUT2D eigenvalue weighted by Gasteiger charge is -2.58. The largest absolute Gasteiger partial charge is 0.392 e. The number of aliphatic hydroxyl groups is 2. The predicted octanol–water partition coefficient (Wildman–Crippen LogP) is 3.66. The number of aliphatic hydroxyl groups excluding tert-OH is 1. The van der Waals surface area contributed by atoms with Crippen LogP contribution in [0.5, 0.6) is 0 Å². The van der Waals surface area contributed by atoms with E-state index in [1.54, 1.807) is 0 Å². The zero-order valence-electron chi connectivity index (χ0n) is 18.5. The highest BCUT2D eigenvalue weighted by Crippen LogP contribution is 2.59. The summed E-state index contributed by atoms with van der Waals surface area (Å²) in [7, 11) is 0. The molecule has 5 aliphatic rings. The van der Waals surface area contributed by atoms with Crippen LogP contribution in [-0.4, -0.2) is 70.5 Å². The molecule has 166 valence electrons. The lowest BCUT2D eigenvalue weighted by molar-refractivity contribution is -0.0985. The minimum atomic E-state index is -0.849. The van der Waals surface area contributed by atoms with Crippen LogP contribution in [0, 0.1) is 11.3 Å². The van der Waals surface area contributed by atoms with Crippen LogP contribution in [0.1, 0.15) is 64.2 Å². The zero-order chi connectivity index (χ0) is 20.6. The molecular weight excluding hydrogens is 372 g/mol. The molecule has 4 heterocycles. The summed E-state index contributed by atoms with van der Waals surface area (Å²) < 4.78 is 0. The van der Waals surface area contributed by atoms with E-state index < -0.39 is 5.60 Å². The minimum Gasteiger partial charge on any atom is -0.392 e. The minimum absolute atomic E-state index is 0.0525. The quantitative estimate of drug-likeness (QED) is 0.645. The molecule has 3 bridgehead atoms. The Hall–Kier alpha value is -0.940. The third kappa shape index (κ3) is 3.54. The summed E-state index contributed by atoms with van der Waals surface area (Å²) in [4.78, 5) is 5.37. The summed E-state index contributed by atoms with van der Waals surface area (Å²) in [5.41, 5.74) is 0.320. The van der Waals surface area contributed by atoms with Crippen LogP contribution in [0.3, 0.4) is 0 Å². The van der Waals surface area contributed by atoms with Crippen molar-refractivity contribution in [2.75, 3.05) is 32.8 Å². The monoisotopic (exact) mass is 412 g/mol. The van der Waals surface area contributed by atoms with Gasteiger partial charge in [0, 0.05) is 18.0 Å². The summed E-state index contributed by atoms with van der Waals surface area (Å²) in [5.74, 6) is 0.409. The molecule has 30 heavy (non-hydrogen) atoms. The molecule has 2 N–H and O–H groups in total. The van der Waals surface area contributed by atoms with Crippen LogP contribution < -0.4 is 0 Å². The number of fused-ring (bicyclic) bond motifs is 2. The van der Waals surface area contributed by atoms with E-state index in [9.17, 15) is 10.2 Å². The zero-order valence-corrected chi connectivity index (χ0v) is 18.5. The van der Waals surface area contributed by atoms with Gasteiger partial charge in [-0.15, -0.1) is 0 Å². The summed E-state index contributed by atoms with van der Waals surface area (Å²) in [6.07, 6.45) is 22.8. The van der Waals surface area contributed by atoms with Crippen molar-refractivity contribution in [3.8, 4) is 0 Å². The summed E-state index contributed by atoms with van der Waals surface area (Å²) in [5, 5.41) is 22.6. The Morgan fingerprint density at radius 3 is 2.63 bits per heavy atom. The molecular formula is C26H40N2O2. The van der Waals surface area contributed by atoms with Gasteiger partial charge in [-0.3, -0.25) is 4.90 Å². The van der Waals surface area contributed by atoms with E-state index >= 15 is 0 Å². The predicted molar refractivity (Wildman–Crippen MR) is 121 cm³/mol. The van der Waals surface area contributed by atoms with Crippen molar-refractivity contribution < 1.29 is 10.2 Å². The number of rotatable bonds is 1. The molecule has 0 amide bonds. The first-order valence-electron chi connectivity index (χ1n) is 12.5. The van der Waals surface area contributed by atoms with E-state index in [2.05, 4.69) is 40.2 Å². The maximum Gasteiger partial charge on any atom is 0.0995 e. The van der Waals surface area contributed by atoms with Gasteiger partial charge >= 0.3 is 0 Å². The van der Waals surface area contributed by atoms with E-state index in [0.29, 0.717) is 12.0 Å². The van der Waals surface area contributed by atoms with Gasteiger partial charge in [-0.2, -0.15) is 0 Å². The standard InChI is InChI=1S/C26H40N2O2/c29-19-21-17-26(30)13-8-4-1-2-5-9-14-27-16-12-23(21)25(20-27)18-22-11-7-3-6-10-15-28(22)24(25)26/h1,4,7,11,17,22-24,29-30H,2-3,5-6,8-10,12-16,18-20H2/b4-1?,11-7-/t22-,23+,24+,25-,26-/m1/s1. The van der Waals surface area contributed by atoms with Gasteiger partial charge in [0.25, 0.3) is 0 Å². The normalized spacial score (nSPS) is 45.7. The number of nitrogens with zero attached hydrogens (tertiary/aromatic N) is 2. The van der Waals surface area contributed by atoms with Gasteiger partial charge in [0.2, 0.25) is 0 Å². The van der Waals surface area contributed by atoms with Crippen LogP contribution >= 0.6 is 0 Å². The molecule has 2 fully saturated rings. The summed E-state index contributed by atoms with van der Waals surface area (Å²) in [6.45, 7) is 4.57. The van der Waals surface area contributed by atoms with E-state index in [0.717, 1.165) is 57.3 Å². The number of piperidine rings is 1. The van der Waals surface area contributed by atoms with Crippen molar-refractivity contribution in [1.82, 2.24) is 9.80 Å². The molecule has 1 aliphatic carbocycles. The first-order chi connectivity index (χ1) is 14.7. The fourth-order valence-electron chi connectivity index (χ4n) is 7.66. The van der Waals surface area contributed by atoms with E-state index in [4.69, 9.17) is 0 Å². The van der Waals surface area contributed by atoms with Crippen molar-refractivity contribution in [1.29, 1.82) is 0 Å². The molecule has 1 spiro atoms. The molecule has 4 nitrogen and oxygen atoms in total. The molecule has 0 aromatic carbocycles. The molecule has 4 heteroatoms. The molecule has 0 aromatic rings. The third-order valence-electron chi connectivity index (χ3n) is 8.74. The van der Waals surface area contributed by atoms with Crippen LogP contribution in [0.25, 0.3) is 0 Å². The average molecular weight is 413 g/mol. The van der Waals surface area contributed by atoms with Crippen molar-refractivity contribution in [3.63, 3.8) is 0 Å². The molecule has 5 rings (SSSR count). The van der Waals surface area contributed by atoms with Crippen LogP contribution in [0.4, 0.5) is 0 Å². The molecule has 6 atom stereocenters. The first-order valence-corrected chi connectivity index (χ1v) is 12.5. The van der Waals surface area contributed by atoms with Crippen LogP contribution in [0.2, 0.25) is 0 Å². The van der Waals surface area contributed by atoms with Crippen molar-refractivity contribution >= 4 is 0 Å². The van der Waals surface area contributed by atoms with Gasteiger partial charge in [0.1, 0.15) is 0 Å². The summed E-state index contributed by atoms with van der Waals surface area (Å²) >= 11 is 0. The Balaban J connectivity index is 1.62. The van der Waals surface area contributed by atoms with Gasteiger partial charge in [-0.25, -0.2) is 0 Å². The fourth-order valence-corrected chi connectivity index (χ4v) is 7.66. The maximum atomic E-state index is 12.2. The SMILES string of the molecule is OCC1=C[C@]2(O)CCC=CCCCCN3CC[C@@H]1[C@@]1(C[C@H]4/C=C\CCCCN4[C@@H]12)C3. The van der Waals surface area contributed by atoms with Crippen molar-refractivity contribution in [2.45, 2.75) is 81.9 Å². The van der Waals surface area contributed by atoms with Gasteiger partial charge in [-0.1, -0.05) is 24.3 Å². The Morgan fingerprint density at radius 1 is 0.967 bits per heavy atom. The average Bonchev–Trinajstić information content (AvgIpc) is 3.01. The topological polar surface area (TPSA) is 46.9 Å². The second kappa shape index (κ2) is 8.54. The van der Waals surface area contributed by atoms with E-state index in [1.165, 1.54) is 38.6 Å². The number of hydrogen-bond donors (Lipinski definition) is 2. The Bertz CT molecular complexity index is 716. The highest BCUT2D eigenvalue weighted by atomic mass is 16.3. The molecule has 2 saturated heterocycles. The molecule has 1 unspecified atom stereocenters. The van der Waals surface area contributed by atoms with Gasteiger partial charge in [-0.05, 0) is 101 Å². The number of allylic oxidation sites excluding steroid dienone is 3. The van der Waals surface area contributed by atoms with E-state index in [-0.39, 0.29) is 18.1 Å². The Morgan fingerprint density at radius 2 is 1.77 bits per heavy atom. The highest BCUT2D eigenvalue weighted by molar-refractivity contribution is 5.34. The smallest absolute Gasteiger partial charge is 0.0995 e.